The van der Waals surface area contributed by atoms with Crippen LogP contribution in [0.4, 0.5) is 26.0 Å². The highest BCUT2D eigenvalue weighted by molar-refractivity contribution is 5.97. The molecule has 128 valence electrons. The third-order valence-corrected chi connectivity index (χ3v) is 3.44. The average Bonchev–Trinajstić information content (AvgIpc) is 2.59. The molecule has 1 heterocycles. The highest BCUT2D eigenvalue weighted by Crippen LogP contribution is 2.26. The van der Waals surface area contributed by atoms with Crippen LogP contribution in [0.2, 0.25) is 0 Å². The lowest BCUT2D eigenvalue weighted by atomic mass is 10.2. The maximum Gasteiger partial charge on any atom is 0.238 e. The van der Waals surface area contributed by atoms with Crippen LogP contribution in [0.3, 0.4) is 0 Å². The Morgan fingerprint density at radius 3 is 2.60 bits per heavy atom. The number of rotatable bonds is 5. The highest BCUT2D eigenvalue weighted by Gasteiger charge is 2.09. The van der Waals surface area contributed by atoms with Gasteiger partial charge in [-0.1, -0.05) is 0 Å². The number of hydrogen-bond acceptors (Lipinski definition) is 5. The van der Waals surface area contributed by atoms with Gasteiger partial charge in [0.2, 0.25) is 5.91 Å². The first-order valence-corrected chi connectivity index (χ1v) is 7.48. The highest BCUT2D eigenvalue weighted by atomic mass is 19.2. The van der Waals surface area contributed by atoms with Crippen molar-refractivity contribution in [1.82, 2.24) is 15.3 Å². The summed E-state index contributed by atoms with van der Waals surface area (Å²) >= 11 is 0. The Balaban J connectivity index is 1.94. The molecule has 0 bridgehead atoms. The van der Waals surface area contributed by atoms with E-state index in [1.54, 1.807) is 25.2 Å². The van der Waals surface area contributed by atoms with Gasteiger partial charge in [-0.15, -0.1) is 0 Å². The van der Waals surface area contributed by atoms with Gasteiger partial charge in [-0.2, -0.15) is 0 Å². The molecule has 0 saturated carbocycles. The van der Waals surface area contributed by atoms with Gasteiger partial charge in [-0.25, -0.2) is 18.7 Å². The van der Waals surface area contributed by atoms with Crippen LogP contribution < -0.4 is 16.0 Å². The number of hydrogen-bond donors (Lipinski definition) is 3. The molecule has 0 spiro atoms. The van der Waals surface area contributed by atoms with Gasteiger partial charge >= 0.3 is 0 Å². The van der Waals surface area contributed by atoms with Crippen molar-refractivity contribution in [2.75, 3.05) is 24.2 Å². The molecule has 2 aromatic carbocycles. The number of fused-ring (bicyclic) bond motifs is 1. The molecule has 8 heteroatoms. The molecule has 6 nitrogen and oxygen atoms in total. The van der Waals surface area contributed by atoms with E-state index in [2.05, 4.69) is 25.9 Å². The van der Waals surface area contributed by atoms with Crippen molar-refractivity contribution < 1.29 is 13.6 Å². The van der Waals surface area contributed by atoms with Crippen molar-refractivity contribution in [3.8, 4) is 0 Å². The Morgan fingerprint density at radius 1 is 1.04 bits per heavy atom. The van der Waals surface area contributed by atoms with Crippen LogP contribution in [-0.4, -0.2) is 29.5 Å². The molecule has 3 N–H and O–H groups in total. The lowest BCUT2D eigenvalue weighted by Gasteiger charge is -2.10. The summed E-state index contributed by atoms with van der Waals surface area (Å²) in [6.07, 6.45) is 1.36. The Morgan fingerprint density at radius 2 is 1.84 bits per heavy atom. The van der Waals surface area contributed by atoms with Gasteiger partial charge in [0.05, 0.1) is 12.1 Å². The van der Waals surface area contributed by atoms with Crippen LogP contribution in [-0.2, 0) is 4.79 Å². The third kappa shape index (κ3) is 3.86. The average molecular weight is 343 g/mol. The fraction of sp³-hybridized carbons (Fsp3) is 0.118. The minimum atomic E-state index is -0.955. The van der Waals surface area contributed by atoms with Crippen molar-refractivity contribution in [3.05, 3.63) is 54.4 Å². The van der Waals surface area contributed by atoms with Gasteiger partial charge in [0, 0.05) is 22.8 Å². The predicted molar refractivity (Wildman–Crippen MR) is 91.7 cm³/mol. The smallest absolute Gasteiger partial charge is 0.238 e. The van der Waals surface area contributed by atoms with E-state index in [9.17, 15) is 13.6 Å². The van der Waals surface area contributed by atoms with E-state index < -0.39 is 11.6 Å². The monoisotopic (exact) mass is 343 g/mol. The molecule has 0 atom stereocenters. The first-order valence-electron chi connectivity index (χ1n) is 7.48. The zero-order valence-corrected chi connectivity index (χ0v) is 13.3. The van der Waals surface area contributed by atoms with Gasteiger partial charge in [0.25, 0.3) is 0 Å². The molecule has 0 aliphatic rings. The normalized spacial score (nSPS) is 10.7. The minimum absolute atomic E-state index is 0.184. The van der Waals surface area contributed by atoms with E-state index in [0.717, 1.165) is 12.1 Å². The number of anilines is 3. The fourth-order valence-corrected chi connectivity index (χ4v) is 2.31. The molecule has 0 radical (unpaired) electrons. The second-order valence-electron chi connectivity index (χ2n) is 5.29. The third-order valence-electron chi connectivity index (χ3n) is 3.44. The SMILES string of the molecule is CNCC(=O)Nc1ccc2ncnc(Nc3ccc(F)c(F)c3)c2c1. The van der Waals surface area contributed by atoms with E-state index in [0.29, 0.717) is 28.1 Å². The Bertz CT molecular complexity index is 932. The summed E-state index contributed by atoms with van der Waals surface area (Å²) in [7, 11) is 1.68. The number of benzene rings is 2. The van der Waals surface area contributed by atoms with E-state index in [1.807, 2.05) is 0 Å². The number of halogens is 2. The van der Waals surface area contributed by atoms with E-state index in [-0.39, 0.29) is 12.5 Å². The number of aromatic nitrogens is 2. The fourth-order valence-electron chi connectivity index (χ4n) is 2.31. The summed E-state index contributed by atoms with van der Waals surface area (Å²) in [5, 5.41) is 9.08. The van der Waals surface area contributed by atoms with E-state index in [1.165, 1.54) is 12.4 Å². The maximum absolute atomic E-state index is 13.4. The molecule has 3 aromatic rings. The first-order chi connectivity index (χ1) is 12.1. The van der Waals surface area contributed by atoms with Gasteiger partial charge in [0.15, 0.2) is 11.6 Å². The second kappa shape index (κ2) is 7.18. The molecule has 25 heavy (non-hydrogen) atoms. The summed E-state index contributed by atoms with van der Waals surface area (Å²) in [4.78, 5) is 20.0. The lowest BCUT2D eigenvalue weighted by molar-refractivity contribution is -0.115. The van der Waals surface area contributed by atoms with Crippen LogP contribution in [0.5, 0.6) is 0 Å². The lowest BCUT2D eigenvalue weighted by Crippen LogP contribution is -2.25. The van der Waals surface area contributed by atoms with Gasteiger partial charge in [-0.05, 0) is 37.4 Å². The number of amides is 1. The summed E-state index contributed by atoms with van der Waals surface area (Å²) in [5.74, 6) is -1.65. The molecular weight excluding hydrogens is 328 g/mol. The topological polar surface area (TPSA) is 78.9 Å². The standard InChI is InChI=1S/C17H15F2N5O/c1-20-8-16(25)23-10-3-5-15-12(6-10)17(22-9-21-15)24-11-2-4-13(18)14(19)7-11/h2-7,9,20H,8H2,1H3,(H,23,25)(H,21,22,24). The maximum atomic E-state index is 13.4. The molecule has 0 aliphatic heterocycles. The molecule has 1 aromatic heterocycles. The van der Waals surface area contributed by atoms with Gasteiger partial charge in [-0.3, -0.25) is 4.79 Å². The van der Waals surface area contributed by atoms with E-state index >= 15 is 0 Å². The van der Waals surface area contributed by atoms with Crippen molar-refractivity contribution in [2.45, 2.75) is 0 Å². The van der Waals surface area contributed by atoms with Crippen LogP contribution in [0.1, 0.15) is 0 Å². The number of nitrogens with zero attached hydrogens (tertiary/aromatic N) is 2. The van der Waals surface area contributed by atoms with Crippen LogP contribution >= 0.6 is 0 Å². The Kier molecular flexibility index (Phi) is 4.80. The molecule has 0 fully saturated rings. The first kappa shape index (κ1) is 16.7. The zero-order chi connectivity index (χ0) is 17.8. The molecular formula is C17H15F2N5O. The number of carbonyl (C=O) groups excluding carboxylic acids is 1. The quantitative estimate of drug-likeness (QED) is 0.664. The summed E-state index contributed by atoms with van der Waals surface area (Å²) in [6.45, 7) is 0.184. The number of likely N-dealkylation sites (N-methyl/N-ethyl adjacent to an activating group) is 1. The van der Waals surface area contributed by atoms with Crippen molar-refractivity contribution in [1.29, 1.82) is 0 Å². The van der Waals surface area contributed by atoms with Crippen LogP contribution in [0.25, 0.3) is 10.9 Å². The Labute approximate surface area is 142 Å². The molecule has 3 rings (SSSR count). The van der Waals surface area contributed by atoms with Crippen LogP contribution in [0, 0.1) is 11.6 Å². The summed E-state index contributed by atoms with van der Waals surface area (Å²) < 4.78 is 26.4. The van der Waals surface area contributed by atoms with E-state index in [4.69, 9.17) is 0 Å². The zero-order valence-electron chi connectivity index (χ0n) is 13.3. The van der Waals surface area contributed by atoms with Gasteiger partial charge in [0.1, 0.15) is 12.1 Å². The minimum Gasteiger partial charge on any atom is -0.340 e. The largest absolute Gasteiger partial charge is 0.340 e. The number of nitrogens with one attached hydrogen (secondary N) is 3. The summed E-state index contributed by atoms with van der Waals surface area (Å²) in [5.41, 5.74) is 1.58. The van der Waals surface area contributed by atoms with Crippen LogP contribution in [0.15, 0.2) is 42.7 Å². The number of carbonyl (C=O) groups is 1. The predicted octanol–water partition coefficient (Wildman–Crippen LogP) is 2.81. The second-order valence-corrected chi connectivity index (χ2v) is 5.29. The molecule has 1 amide bonds. The van der Waals surface area contributed by atoms with Crippen molar-refractivity contribution in [3.63, 3.8) is 0 Å². The molecule has 0 saturated heterocycles. The van der Waals surface area contributed by atoms with Crippen molar-refractivity contribution >= 4 is 34.0 Å². The van der Waals surface area contributed by atoms with Crippen molar-refractivity contribution in [2.24, 2.45) is 0 Å². The Hall–Kier alpha value is -3.13. The molecule has 0 unspecified atom stereocenters. The summed E-state index contributed by atoms with van der Waals surface area (Å²) in [6, 6.07) is 8.66. The van der Waals surface area contributed by atoms with Gasteiger partial charge < -0.3 is 16.0 Å². The molecule has 0 aliphatic carbocycles.